The minimum Gasteiger partial charge on any atom is -0.480 e. The molecular formula is C18H19ClO2S. The highest BCUT2D eigenvalue weighted by Gasteiger charge is 2.21. The molecule has 0 fully saturated rings. The quantitative estimate of drug-likeness (QED) is 0.777. The number of hydrogen-bond acceptors (Lipinski definition) is 2. The molecule has 0 aliphatic carbocycles. The maximum atomic E-state index is 11.6. The summed E-state index contributed by atoms with van der Waals surface area (Å²) in [5.41, 5.74) is 4.64. The van der Waals surface area contributed by atoms with Crippen molar-refractivity contribution in [3.63, 3.8) is 0 Å². The number of aryl methyl sites for hydroxylation is 3. The second-order valence-electron chi connectivity index (χ2n) is 5.48. The Kier molecular flexibility index (Phi) is 5.54. The second kappa shape index (κ2) is 7.21. The Morgan fingerprint density at radius 2 is 1.68 bits per heavy atom. The fraction of sp³-hybridized carbons (Fsp3) is 0.278. The van der Waals surface area contributed by atoms with E-state index in [4.69, 9.17) is 11.6 Å². The molecule has 0 aromatic heterocycles. The molecule has 2 rings (SSSR count). The van der Waals surface area contributed by atoms with Gasteiger partial charge in [0.25, 0.3) is 0 Å². The highest BCUT2D eigenvalue weighted by Crippen LogP contribution is 2.29. The first-order valence-electron chi connectivity index (χ1n) is 7.08. The van der Waals surface area contributed by atoms with Crippen LogP contribution in [0.3, 0.4) is 0 Å². The van der Waals surface area contributed by atoms with Crippen LogP contribution in [0.5, 0.6) is 0 Å². The number of carboxylic acids is 1. The van der Waals surface area contributed by atoms with E-state index < -0.39 is 11.2 Å². The zero-order valence-electron chi connectivity index (χ0n) is 12.9. The lowest BCUT2D eigenvalue weighted by Crippen LogP contribution is -2.20. The summed E-state index contributed by atoms with van der Waals surface area (Å²) >= 11 is 7.24. The first-order valence-corrected chi connectivity index (χ1v) is 8.34. The van der Waals surface area contributed by atoms with E-state index in [1.165, 1.54) is 17.3 Å². The minimum absolute atomic E-state index is 0.513. The van der Waals surface area contributed by atoms with Crippen LogP contribution in [0, 0.1) is 20.8 Å². The molecule has 116 valence electrons. The minimum atomic E-state index is -0.792. The van der Waals surface area contributed by atoms with E-state index in [1.54, 1.807) is 12.1 Å². The molecule has 0 amide bonds. The summed E-state index contributed by atoms with van der Waals surface area (Å²) in [6.45, 7) is 6.14. The summed E-state index contributed by atoms with van der Waals surface area (Å²) in [7, 11) is 0. The normalized spacial score (nSPS) is 12.2. The van der Waals surface area contributed by atoms with Crippen molar-refractivity contribution in [3.05, 3.63) is 63.7 Å². The van der Waals surface area contributed by atoms with Crippen molar-refractivity contribution in [1.82, 2.24) is 0 Å². The van der Waals surface area contributed by atoms with Crippen LogP contribution in [0.4, 0.5) is 0 Å². The average molecular weight is 335 g/mol. The van der Waals surface area contributed by atoms with Crippen LogP contribution in [0.25, 0.3) is 0 Å². The van der Waals surface area contributed by atoms with E-state index in [9.17, 15) is 9.90 Å². The highest BCUT2D eigenvalue weighted by atomic mass is 35.5. The number of carbonyl (C=O) groups is 1. The van der Waals surface area contributed by atoms with Gasteiger partial charge in [-0.25, -0.2) is 0 Å². The summed E-state index contributed by atoms with van der Waals surface area (Å²) in [5, 5.41) is 9.68. The SMILES string of the molecule is Cc1cc(C)c(C[C@H](Sc2ccc(Cl)cc2)C(=O)O)c(C)c1. The Bertz CT molecular complexity index is 657. The van der Waals surface area contributed by atoms with Gasteiger partial charge in [-0.3, -0.25) is 4.79 Å². The summed E-state index contributed by atoms with van der Waals surface area (Å²) in [5.74, 6) is -0.792. The number of halogens is 1. The molecule has 0 saturated heterocycles. The van der Waals surface area contributed by atoms with Gasteiger partial charge in [0.1, 0.15) is 5.25 Å². The van der Waals surface area contributed by atoms with Crippen molar-refractivity contribution in [2.24, 2.45) is 0 Å². The lowest BCUT2D eigenvalue weighted by molar-refractivity contribution is -0.136. The number of hydrogen-bond donors (Lipinski definition) is 1. The first kappa shape index (κ1) is 16.9. The van der Waals surface area contributed by atoms with Crippen LogP contribution in [-0.4, -0.2) is 16.3 Å². The molecule has 2 aromatic carbocycles. The molecule has 2 nitrogen and oxygen atoms in total. The van der Waals surface area contributed by atoms with Crippen molar-refractivity contribution < 1.29 is 9.90 Å². The Morgan fingerprint density at radius 3 is 2.18 bits per heavy atom. The van der Waals surface area contributed by atoms with Gasteiger partial charge in [0.05, 0.1) is 0 Å². The maximum absolute atomic E-state index is 11.6. The van der Waals surface area contributed by atoms with Gasteiger partial charge in [-0.05, 0) is 68.1 Å². The van der Waals surface area contributed by atoms with E-state index in [1.807, 2.05) is 26.0 Å². The molecule has 1 atom stereocenters. The third kappa shape index (κ3) is 4.28. The zero-order chi connectivity index (χ0) is 16.3. The third-order valence-corrected chi connectivity index (χ3v) is 5.05. The average Bonchev–Trinajstić information content (AvgIpc) is 2.43. The number of aliphatic carboxylic acids is 1. The van der Waals surface area contributed by atoms with Crippen LogP contribution in [-0.2, 0) is 11.2 Å². The van der Waals surface area contributed by atoms with Crippen molar-refractivity contribution in [2.75, 3.05) is 0 Å². The van der Waals surface area contributed by atoms with E-state index in [0.717, 1.165) is 21.6 Å². The van der Waals surface area contributed by atoms with Crippen LogP contribution in [0.2, 0.25) is 5.02 Å². The molecule has 2 aromatic rings. The van der Waals surface area contributed by atoms with E-state index in [-0.39, 0.29) is 0 Å². The number of carboxylic acid groups (broad SMARTS) is 1. The van der Waals surface area contributed by atoms with E-state index in [2.05, 4.69) is 19.1 Å². The molecule has 4 heteroatoms. The monoisotopic (exact) mass is 334 g/mol. The predicted octanol–water partition coefficient (Wildman–Crippen LogP) is 5.05. The molecule has 0 aliphatic rings. The molecular weight excluding hydrogens is 316 g/mol. The third-order valence-electron chi connectivity index (χ3n) is 3.60. The topological polar surface area (TPSA) is 37.3 Å². The maximum Gasteiger partial charge on any atom is 0.317 e. The van der Waals surface area contributed by atoms with Crippen LogP contribution in [0.1, 0.15) is 22.3 Å². The van der Waals surface area contributed by atoms with E-state index in [0.29, 0.717) is 11.4 Å². The van der Waals surface area contributed by atoms with Crippen LogP contribution < -0.4 is 0 Å². The second-order valence-corrected chi connectivity index (χ2v) is 7.19. The number of thioether (sulfide) groups is 1. The fourth-order valence-corrected chi connectivity index (χ4v) is 3.67. The number of benzene rings is 2. The Morgan fingerprint density at radius 1 is 1.14 bits per heavy atom. The summed E-state index contributed by atoms with van der Waals surface area (Å²) < 4.78 is 0. The van der Waals surface area contributed by atoms with Crippen molar-refractivity contribution >= 4 is 29.3 Å². The molecule has 0 heterocycles. The Hall–Kier alpha value is -1.45. The molecule has 1 N–H and O–H groups in total. The highest BCUT2D eigenvalue weighted by molar-refractivity contribution is 8.00. The lowest BCUT2D eigenvalue weighted by atomic mass is 9.96. The van der Waals surface area contributed by atoms with Crippen molar-refractivity contribution in [1.29, 1.82) is 0 Å². The lowest BCUT2D eigenvalue weighted by Gasteiger charge is -2.16. The molecule has 0 bridgehead atoms. The zero-order valence-corrected chi connectivity index (χ0v) is 14.5. The van der Waals surface area contributed by atoms with Crippen LogP contribution >= 0.6 is 23.4 Å². The van der Waals surface area contributed by atoms with Gasteiger partial charge in [-0.1, -0.05) is 29.3 Å². The summed E-state index contributed by atoms with van der Waals surface area (Å²) in [4.78, 5) is 12.5. The molecule has 0 unspecified atom stereocenters. The molecule has 0 spiro atoms. The standard InChI is InChI=1S/C18H19ClO2S/c1-11-8-12(2)16(13(3)9-11)10-17(18(20)21)22-15-6-4-14(19)5-7-15/h4-9,17H,10H2,1-3H3,(H,20,21)/t17-/m0/s1. The molecule has 22 heavy (non-hydrogen) atoms. The molecule has 0 aliphatic heterocycles. The predicted molar refractivity (Wildman–Crippen MR) is 93.1 cm³/mol. The number of rotatable bonds is 5. The van der Waals surface area contributed by atoms with Crippen molar-refractivity contribution in [2.45, 2.75) is 37.3 Å². The smallest absolute Gasteiger partial charge is 0.317 e. The first-order chi connectivity index (χ1) is 10.4. The van der Waals surface area contributed by atoms with Gasteiger partial charge in [0.15, 0.2) is 0 Å². The van der Waals surface area contributed by atoms with Gasteiger partial charge in [-0.15, -0.1) is 11.8 Å². The van der Waals surface area contributed by atoms with Gasteiger partial charge in [0, 0.05) is 9.92 Å². The molecule has 0 saturated carbocycles. The van der Waals surface area contributed by atoms with Gasteiger partial charge >= 0.3 is 5.97 Å². The van der Waals surface area contributed by atoms with Gasteiger partial charge in [-0.2, -0.15) is 0 Å². The van der Waals surface area contributed by atoms with Gasteiger partial charge < -0.3 is 5.11 Å². The van der Waals surface area contributed by atoms with Gasteiger partial charge in [0.2, 0.25) is 0 Å². The van der Waals surface area contributed by atoms with Crippen molar-refractivity contribution in [3.8, 4) is 0 Å². The summed E-state index contributed by atoms with van der Waals surface area (Å²) in [6.07, 6.45) is 0.514. The summed E-state index contributed by atoms with van der Waals surface area (Å²) in [6, 6.07) is 11.5. The molecule has 0 radical (unpaired) electrons. The van der Waals surface area contributed by atoms with E-state index >= 15 is 0 Å². The Balaban J connectivity index is 2.23. The largest absolute Gasteiger partial charge is 0.480 e. The fourth-order valence-electron chi connectivity index (χ4n) is 2.57. The van der Waals surface area contributed by atoms with Crippen LogP contribution in [0.15, 0.2) is 41.3 Å². The Labute approximate surface area is 140 Å².